The number of carbonyl (C=O) groups is 2. The first kappa shape index (κ1) is 24.6. The van der Waals surface area contributed by atoms with Crippen molar-refractivity contribution >= 4 is 64.9 Å². The van der Waals surface area contributed by atoms with Gasteiger partial charge in [-0.05, 0) is 0 Å². The molecule has 1 radical (unpaired) electrons. The van der Waals surface area contributed by atoms with E-state index >= 15 is 0 Å². The van der Waals surface area contributed by atoms with E-state index < -0.39 is 22.7 Å². The van der Waals surface area contributed by atoms with Crippen LogP contribution in [0.2, 0.25) is 0 Å². The number of hydrogen-bond donors (Lipinski definition) is 4. The van der Waals surface area contributed by atoms with Crippen LogP contribution in [-0.2, 0) is 32.3 Å². The van der Waals surface area contributed by atoms with Crippen LogP contribution in [0.15, 0.2) is 0 Å². The van der Waals surface area contributed by atoms with Gasteiger partial charge in [-0.15, -0.1) is 0 Å². The van der Waals surface area contributed by atoms with Crippen molar-refractivity contribution in [2.24, 2.45) is 0 Å². The van der Waals surface area contributed by atoms with E-state index in [0.29, 0.717) is 12.8 Å². The fourth-order valence-electron chi connectivity index (χ4n) is 0.136. The van der Waals surface area contributed by atoms with Gasteiger partial charge in [0.1, 0.15) is 12.6 Å². The zero-order chi connectivity index (χ0) is 12.0. The quantitative estimate of drug-likeness (QED) is 0.225. The minimum absolute atomic E-state index is 0. The SMILES string of the molecule is O=CCCC=O.O=S(O)O.O=S(O)O.[Na]. The van der Waals surface area contributed by atoms with Crippen LogP contribution < -0.4 is 0 Å². The summed E-state index contributed by atoms with van der Waals surface area (Å²) in [7, 11) is 0. The Kier molecular flexibility index (Phi) is 39.3. The third-order valence-electron chi connectivity index (χ3n) is 0.402. The Bertz CT molecular complexity index is 157. The molecule has 0 aromatic rings. The number of carbonyl (C=O) groups excluding carboxylic acids is 2. The predicted molar refractivity (Wildman–Crippen MR) is 53.9 cm³/mol. The fourth-order valence-corrected chi connectivity index (χ4v) is 0.136. The third-order valence-corrected chi connectivity index (χ3v) is 0.402. The number of aldehydes is 2. The zero-order valence-electron chi connectivity index (χ0n) is 7.81. The summed E-state index contributed by atoms with van der Waals surface area (Å²) in [5.41, 5.74) is 0. The smallest absolute Gasteiger partial charge is 0.299 e. The van der Waals surface area contributed by atoms with Crippen LogP contribution >= 0.6 is 0 Å². The molecule has 0 aliphatic heterocycles. The van der Waals surface area contributed by atoms with Gasteiger partial charge in [0.2, 0.25) is 0 Å². The van der Waals surface area contributed by atoms with Crippen molar-refractivity contribution in [2.45, 2.75) is 12.8 Å². The Morgan fingerprint density at radius 1 is 0.800 bits per heavy atom. The summed E-state index contributed by atoms with van der Waals surface area (Å²) in [6.45, 7) is 0. The summed E-state index contributed by atoms with van der Waals surface area (Å²) in [6.07, 6.45) is 2.19. The molecule has 0 unspecified atom stereocenters. The Hall–Kier alpha value is 0.480. The largest absolute Gasteiger partial charge is 0.303 e. The average molecular weight is 273 g/mol. The van der Waals surface area contributed by atoms with Crippen molar-refractivity contribution in [3.05, 3.63) is 0 Å². The van der Waals surface area contributed by atoms with Gasteiger partial charge in [0.05, 0.1) is 0 Å². The predicted octanol–water partition coefficient (Wildman–Crippen LogP) is -0.854. The molecule has 0 fully saturated rings. The molecule has 4 N–H and O–H groups in total. The van der Waals surface area contributed by atoms with Gasteiger partial charge in [0.25, 0.3) is 22.7 Å². The maximum absolute atomic E-state index is 9.40. The summed E-state index contributed by atoms with van der Waals surface area (Å²) < 4.78 is 45.7. The van der Waals surface area contributed by atoms with E-state index in [2.05, 4.69) is 0 Å². The summed E-state index contributed by atoms with van der Waals surface area (Å²) in [4.78, 5) is 18.8. The van der Waals surface area contributed by atoms with Gasteiger partial charge < -0.3 is 9.59 Å². The standard InChI is InChI=1S/C4H6O2.Na.2H2O3S/c5-3-1-2-4-6;;2*1-4(2)3/h3-4H,1-2H2;;2*(H2,1,2,3). The molecule has 0 spiro atoms. The first-order chi connectivity index (χ1) is 6.38. The second-order valence-electron chi connectivity index (χ2n) is 1.37. The van der Waals surface area contributed by atoms with Gasteiger partial charge in [-0.1, -0.05) is 0 Å². The molecule has 0 aliphatic rings. The van der Waals surface area contributed by atoms with E-state index in [-0.39, 0.29) is 29.6 Å². The molecule has 0 atom stereocenters. The van der Waals surface area contributed by atoms with E-state index in [4.69, 9.17) is 26.6 Å². The van der Waals surface area contributed by atoms with Gasteiger partial charge in [-0.25, -0.2) is 0 Å². The van der Waals surface area contributed by atoms with E-state index in [9.17, 15) is 9.59 Å². The molecule has 0 aliphatic carbocycles. The summed E-state index contributed by atoms with van der Waals surface area (Å²) in [6, 6.07) is 0. The number of hydrogen-bond acceptors (Lipinski definition) is 4. The Balaban J connectivity index is -0.0000000606. The first-order valence-corrected chi connectivity index (χ1v) is 4.98. The Morgan fingerprint density at radius 3 is 1.00 bits per heavy atom. The molecule has 8 nitrogen and oxygen atoms in total. The van der Waals surface area contributed by atoms with Crippen molar-refractivity contribution in [3.8, 4) is 0 Å². The van der Waals surface area contributed by atoms with Crippen LogP contribution in [0.25, 0.3) is 0 Å². The second kappa shape index (κ2) is 24.0. The molecule has 0 bridgehead atoms. The number of unbranched alkanes of at least 4 members (excludes halogenated alkanes) is 1. The minimum atomic E-state index is -2.61. The zero-order valence-corrected chi connectivity index (χ0v) is 11.4. The van der Waals surface area contributed by atoms with Crippen molar-refractivity contribution in [1.82, 2.24) is 0 Å². The van der Waals surface area contributed by atoms with E-state index in [1.807, 2.05) is 0 Å². The average Bonchev–Trinajstić information content (AvgIpc) is 1.98. The molecule has 0 saturated carbocycles. The van der Waals surface area contributed by atoms with E-state index in [1.165, 1.54) is 0 Å². The molecule has 0 aromatic carbocycles. The molecule has 15 heavy (non-hydrogen) atoms. The molecule has 0 amide bonds. The molecular formula is C4H10NaO8S2. The monoisotopic (exact) mass is 273 g/mol. The summed E-state index contributed by atoms with van der Waals surface area (Å²) in [5.74, 6) is 0. The van der Waals surface area contributed by atoms with Gasteiger partial charge >= 0.3 is 0 Å². The second-order valence-corrected chi connectivity index (χ2v) is 2.30. The van der Waals surface area contributed by atoms with Gasteiger partial charge in [-0.2, -0.15) is 8.42 Å². The van der Waals surface area contributed by atoms with Crippen molar-refractivity contribution in [1.29, 1.82) is 0 Å². The normalized spacial score (nSPS) is 7.60. The third kappa shape index (κ3) is 186. The minimum Gasteiger partial charge on any atom is -0.303 e. The molecule has 11 heteroatoms. The molecule has 87 valence electrons. The van der Waals surface area contributed by atoms with Crippen molar-refractivity contribution < 1.29 is 36.2 Å². The molecular weight excluding hydrogens is 263 g/mol. The molecule has 0 aromatic heterocycles. The topological polar surface area (TPSA) is 149 Å². The molecule has 0 heterocycles. The van der Waals surface area contributed by atoms with Crippen LogP contribution in [0.4, 0.5) is 0 Å². The summed E-state index contributed by atoms with van der Waals surface area (Å²) in [5, 5.41) is 0. The van der Waals surface area contributed by atoms with Crippen LogP contribution in [0.3, 0.4) is 0 Å². The van der Waals surface area contributed by atoms with Crippen LogP contribution in [-0.4, -0.2) is 68.8 Å². The van der Waals surface area contributed by atoms with Gasteiger partial charge in [0.15, 0.2) is 0 Å². The van der Waals surface area contributed by atoms with Crippen molar-refractivity contribution in [3.63, 3.8) is 0 Å². The van der Waals surface area contributed by atoms with Gasteiger partial charge in [0, 0.05) is 42.4 Å². The Labute approximate surface area is 113 Å². The van der Waals surface area contributed by atoms with E-state index in [0.717, 1.165) is 12.6 Å². The maximum atomic E-state index is 9.40. The van der Waals surface area contributed by atoms with Crippen LogP contribution in [0.1, 0.15) is 12.8 Å². The first-order valence-electron chi connectivity index (χ1n) is 2.85. The maximum Gasteiger partial charge on any atom is 0.299 e. The summed E-state index contributed by atoms with van der Waals surface area (Å²) >= 11 is -5.22. The number of rotatable bonds is 3. The molecule has 0 rings (SSSR count). The van der Waals surface area contributed by atoms with E-state index in [1.54, 1.807) is 0 Å². The van der Waals surface area contributed by atoms with Crippen LogP contribution in [0, 0.1) is 0 Å². The van der Waals surface area contributed by atoms with Crippen LogP contribution in [0.5, 0.6) is 0 Å². The fraction of sp³-hybridized carbons (Fsp3) is 0.500. The van der Waals surface area contributed by atoms with Gasteiger partial charge in [-0.3, -0.25) is 18.2 Å². The molecule has 0 saturated heterocycles. The Morgan fingerprint density at radius 2 is 0.933 bits per heavy atom. The van der Waals surface area contributed by atoms with Crippen molar-refractivity contribution in [2.75, 3.05) is 0 Å².